The molecule has 3 aromatic rings. The Balaban J connectivity index is 1.32. The average molecular weight is 483 g/mol. The van der Waals surface area contributed by atoms with Gasteiger partial charge in [-0.15, -0.1) is 0 Å². The number of rotatable bonds is 10. The number of hydrogen-bond donors (Lipinski definition) is 0. The van der Waals surface area contributed by atoms with Crippen molar-refractivity contribution in [1.82, 2.24) is 0 Å². The first-order valence-corrected chi connectivity index (χ1v) is 14.5. The van der Waals surface area contributed by atoms with E-state index in [0.29, 0.717) is 10.9 Å². The summed E-state index contributed by atoms with van der Waals surface area (Å²) < 4.78 is 15.1. The molecule has 3 aromatic carbocycles. The van der Waals surface area contributed by atoms with Gasteiger partial charge in [-0.3, -0.25) is 0 Å². The summed E-state index contributed by atoms with van der Waals surface area (Å²) in [6.45, 7) is 4.52. The average Bonchev–Trinajstić information content (AvgIpc) is 2.92. The molecule has 0 radical (unpaired) electrons. The van der Waals surface area contributed by atoms with Gasteiger partial charge in [0.25, 0.3) is 0 Å². The molecule has 36 heavy (non-hydrogen) atoms. The van der Waals surface area contributed by atoms with Crippen molar-refractivity contribution in [3.8, 4) is 11.8 Å². The van der Waals surface area contributed by atoms with Gasteiger partial charge in [-0.05, 0) is 72.2 Å². The first-order chi connectivity index (χ1) is 17.7. The highest BCUT2D eigenvalue weighted by Gasteiger charge is 2.20. The lowest BCUT2D eigenvalue weighted by Gasteiger charge is -2.28. The molecule has 0 saturated heterocycles. The monoisotopic (exact) mass is 482 g/mol. The molecule has 0 amide bonds. The number of aryl methyl sites for hydroxylation is 2. The summed E-state index contributed by atoms with van der Waals surface area (Å²) in [7, 11) is 0. The molecule has 0 heterocycles. The molecule has 1 aliphatic carbocycles. The van der Waals surface area contributed by atoms with Crippen LogP contribution in [0, 0.1) is 29.5 Å². The van der Waals surface area contributed by atoms with E-state index in [0.717, 1.165) is 35.6 Å². The second-order valence-electron chi connectivity index (χ2n) is 11.0. The first-order valence-electron chi connectivity index (χ1n) is 14.5. The van der Waals surface area contributed by atoms with Crippen LogP contribution in [0.25, 0.3) is 10.8 Å². The van der Waals surface area contributed by atoms with Crippen molar-refractivity contribution in [2.75, 3.05) is 0 Å². The molecular formula is C35H43F. The van der Waals surface area contributed by atoms with Crippen LogP contribution >= 0.6 is 0 Å². The van der Waals surface area contributed by atoms with Crippen LogP contribution in [0.1, 0.15) is 107 Å². The van der Waals surface area contributed by atoms with Crippen LogP contribution in [0.15, 0.2) is 54.6 Å². The normalized spacial score (nSPS) is 17.6. The highest BCUT2D eigenvalue weighted by atomic mass is 19.1. The maximum absolute atomic E-state index is 15.1. The maximum Gasteiger partial charge on any atom is 0.146 e. The smallest absolute Gasteiger partial charge is 0.146 e. The Morgan fingerprint density at radius 1 is 0.694 bits per heavy atom. The van der Waals surface area contributed by atoms with Gasteiger partial charge in [-0.1, -0.05) is 120 Å². The Morgan fingerprint density at radius 3 is 2.11 bits per heavy atom. The topological polar surface area (TPSA) is 0 Å². The molecule has 0 bridgehead atoms. The van der Waals surface area contributed by atoms with Crippen molar-refractivity contribution in [2.45, 2.75) is 97.3 Å². The molecule has 1 heteroatoms. The lowest BCUT2D eigenvalue weighted by Crippen LogP contribution is -2.15. The standard InChI is InChI=1S/C35H43F/c1-3-5-7-9-31-21-25-34-33(26-31)24-23-32(35(34)36)22-20-30-18-16-29(17-19-30)15-14-28-12-10-27(11-13-28)8-6-4-2/h16-19,21,23-28H,3-15H2,1-2H3. The van der Waals surface area contributed by atoms with Crippen LogP contribution < -0.4 is 0 Å². The van der Waals surface area contributed by atoms with Gasteiger partial charge >= 0.3 is 0 Å². The zero-order valence-corrected chi connectivity index (χ0v) is 22.4. The Bertz CT molecular complexity index is 1150. The SMILES string of the molecule is CCCCCc1ccc2c(F)c(C#Cc3ccc(CCC4CCC(CCCC)CC4)cc3)ccc2c1. The molecule has 0 nitrogen and oxygen atoms in total. The van der Waals surface area contributed by atoms with Crippen LogP contribution in [-0.4, -0.2) is 0 Å². The van der Waals surface area contributed by atoms with Crippen molar-refractivity contribution in [1.29, 1.82) is 0 Å². The lowest BCUT2D eigenvalue weighted by molar-refractivity contribution is 0.250. The summed E-state index contributed by atoms with van der Waals surface area (Å²) in [6.07, 6.45) is 17.0. The Labute approximate surface area is 218 Å². The zero-order chi connectivity index (χ0) is 25.2. The predicted octanol–water partition coefficient (Wildman–Crippen LogP) is 10.0. The summed E-state index contributed by atoms with van der Waals surface area (Å²) in [4.78, 5) is 0. The fourth-order valence-corrected chi connectivity index (χ4v) is 5.74. The number of fused-ring (bicyclic) bond motifs is 1. The van der Waals surface area contributed by atoms with Gasteiger partial charge in [0.1, 0.15) is 5.82 Å². The van der Waals surface area contributed by atoms with Gasteiger partial charge in [-0.25, -0.2) is 4.39 Å². The minimum Gasteiger partial charge on any atom is -0.205 e. The van der Waals surface area contributed by atoms with E-state index >= 15 is 4.39 Å². The Hall–Kier alpha value is -2.59. The third-order valence-electron chi connectivity index (χ3n) is 8.16. The summed E-state index contributed by atoms with van der Waals surface area (Å²) >= 11 is 0. The van der Waals surface area contributed by atoms with E-state index in [-0.39, 0.29) is 5.82 Å². The summed E-state index contributed by atoms with van der Waals surface area (Å²) in [6, 6.07) is 18.5. The molecule has 0 aliphatic heterocycles. The highest BCUT2D eigenvalue weighted by Crippen LogP contribution is 2.34. The molecule has 0 aromatic heterocycles. The number of benzene rings is 3. The molecule has 190 valence electrons. The van der Waals surface area contributed by atoms with E-state index in [2.05, 4.69) is 62.1 Å². The van der Waals surface area contributed by atoms with Gasteiger partial charge in [-0.2, -0.15) is 0 Å². The van der Waals surface area contributed by atoms with E-state index in [1.165, 1.54) is 81.8 Å². The molecule has 0 unspecified atom stereocenters. The van der Waals surface area contributed by atoms with Gasteiger partial charge < -0.3 is 0 Å². The third kappa shape index (κ3) is 7.46. The third-order valence-corrected chi connectivity index (χ3v) is 8.16. The number of hydrogen-bond acceptors (Lipinski definition) is 0. The van der Waals surface area contributed by atoms with E-state index in [1.54, 1.807) is 0 Å². The minimum atomic E-state index is -0.207. The fraction of sp³-hybridized carbons (Fsp3) is 0.486. The van der Waals surface area contributed by atoms with Gasteiger partial charge in [0.2, 0.25) is 0 Å². The fourth-order valence-electron chi connectivity index (χ4n) is 5.74. The molecule has 1 saturated carbocycles. The molecule has 4 rings (SSSR count). The van der Waals surface area contributed by atoms with Crippen molar-refractivity contribution >= 4 is 10.8 Å². The van der Waals surface area contributed by atoms with E-state index in [1.807, 2.05) is 18.2 Å². The van der Waals surface area contributed by atoms with Crippen molar-refractivity contribution in [3.05, 3.63) is 82.7 Å². The molecule has 0 N–H and O–H groups in total. The van der Waals surface area contributed by atoms with Gasteiger partial charge in [0, 0.05) is 10.9 Å². The lowest BCUT2D eigenvalue weighted by atomic mass is 9.78. The van der Waals surface area contributed by atoms with Crippen LogP contribution in [0.4, 0.5) is 4.39 Å². The van der Waals surface area contributed by atoms with Crippen LogP contribution in [-0.2, 0) is 12.8 Å². The van der Waals surface area contributed by atoms with Crippen molar-refractivity contribution in [3.63, 3.8) is 0 Å². The number of halogens is 1. The minimum absolute atomic E-state index is 0.207. The second kappa shape index (κ2) is 13.6. The van der Waals surface area contributed by atoms with E-state index in [4.69, 9.17) is 0 Å². The predicted molar refractivity (Wildman–Crippen MR) is 153 cm³/mol. The summed E-state index contributed by atoms with van der Waals surface area (Å²) in [5, 5.41) is 1.63. The Kier molecular flexibility index (Phi) is 10.0. The molecule has 0 atom stereocenters. The molecule has 0 spiro atoms. The molecule has 1 aliphatic rings. The largest absolute Gasteiger partial charge is 0.205 e. The van der Waals surface area contributed by atoms with E-state index < -0.39 is 0 Å². The van der Waals surface area contributed by atoms with E-state index in [9.17, 15) is 0 Å². The second-order valence-corrected chi connectivity index (χ2v) is 11.0. The first kappa shape index (κ1) is 26.5. The summed E-state index contributed by atoms with van der Waals surface area (Å²) in [5.41, 5.74) is 4.09. The Morgan fingerprint density at radius 2 is 1.39 bits per heavy atom. The van der Waals surface area contributed by atoms with Crippen molar-refractivity contribution < 1.29 is 4.39 Å². The zero-order valence-electron chi connectivity index (χ0n) is 22.4. The van der Waals surface area contributed by atoms with Gasteiger partial charge in [0.05, 0.1) is 5.56 Å². The van der Waals surface area contributed by atoms with Crippen LogP contribution in [0.2, 0.25) is 0 Å². The van der Waals surface area contributed by atoms with Gasteiger partial charge in [0.15, 0.2) is 0 Å². The van der Waals surface area contributed by atoms with Crippen LogP contribution in [0.3, 0.4) is 0 Å². The van der Waals surface area contributed by atoms with Crippen LogP contribution in [0.5, 0.6) is 0 Å². The highest BCUT2D eigenvalue weighted by molar-refractivity contribution is 5.85. The molecular weight excluding hydrogens is 439 g/mol. The quantitative estimate of drug-likeness (QED) is 0.199. The maximum atomic E-state index is 15.1. The van der Waals surface area contributed by atoms with Crippen molar-refractivity contribution in [2.24, 2.45) is 11.8 Å². The number of unbranched alkanes of at least 4 members (excludes halogenated alkanes) is 3. The summed E-state index contributed by atoms with van der Waals surface area (Å²) in [5.74, 6) is 7.92. The molecule has 1 fully saturated rings.